The number of fused-ring (bicyclic) bond motifs is 3. The summed E-state index contributed by atoms with van der Waals surface area (Å²) >= 11 is 0. The number of aromatic nitrogens is 2. The van der Waals surface area contributed by atoms with Gasteiger partial charge in [0.1, 0.15) is 5.69 Å². The van der Waals surface area contributed by atoms with Crippen LogP contribution in [-0.2, 0) is 17.3 Å². The molecule has 1 N–H and O–H groups in total. The van der Waals surface area contributed by atoms with Gasteiger partial charge in [0.05, 0.1) is 30.6 Å². The summed E-state index contributed by atoms with van der Waals surface area (Å²) in [5.41, 5.74) is 4.27. The third kappa shape index (κ3) is 4.35. The lowest BCUT2D eigenvalue weighted by Crippen LogP contribution is -2.48. The van der Waals surface area contributed by atoms with Gasteiger partial charge >= 0.3 is 6.18 Å². The molecule has 0 bridgehead atoms. The number of carbonyl (C=O) groups excluding carboxylic acids is 1. The molecule has 1 amide bonds. The molecule has 34 heavy (non-hydrogen) atoms. The molecule has 4 heterocycles. The van der Waals surface area contributed by atoms with Crippen LogP contribution in [0, 0.1) is 6.92 Å². The minimum Gasteiger partial charge on any atom is -0.377 e. The van der Waals surface area contributed by atoms with Crippen molar-refractivity contribution >= 4 is 17.3 Å². The van der Waals surface area contributed by atoms with E-state index < -0.39 is 17.8 Å². The quantitative estimate of drug-likeness (QED) is 0.594. The minimum atomic E-state index is -4.62. The summed E-state index contributed by atoms with van der Waals surface area (Å²) in [4.78, 5) is 23.0. The van der Waals surface area contributed by atoms with Crippen molar-refractivity contribution in [2.24, 2.45) is 0 Å². The number of hydrogen-bond acceptors (Lipinski definition) is 5. The van der Waals surface area contributed by atoms with E-state index in [9.17, 15) is 18.0 Å². The maximum Gasteiger partial charge on any atom is 0.433 e. The van der Waals surface area contributed by atoms with Crippen LogP contribution < -0.4 is 10.2 Å². The van der Waals surface area contributed by atoms with Crippen molar-refractivity contribution in [3.63, 3.8) is 0 Å². The summed E-state index contributed by atoms with van der Waals surface area (Å²) in [6.45, 7) is 4.20. The Morgan fingerprint density at radius 2 is 2.03 bits per heavy atom. The van der Waals surface area contributed by atoms with E-state index in [0.717, 1.165) is 66.3 Å². The molecule has 2 aromatic heterocycles. The molecule has 0 aliphatic carbocycles. The molecule has 9 heteroatoms. The Hall–Kier alpha value is -3.46. The number of aryl methyl sites for hydroxylation is 2. The molecule has 0 radical (unpaired) electrons. The number of anilines is 2. The molecule has 0 unspecified atom stereocenters. The number of amides is 1. The average molecular weight is 468 g/mol. The first kappa shape index (κ1) is 22.3. The zero-order chi connectivity index (χ0) is 23.9. The van der Waals surface area contributed by atoms with Crippen LogP contribution in [0.2, 0.25) is 0 Å². The second kappa shape index (κ2) is 8.72. The summed E-state index contributed by atoms with van der Waals surface area (Å²) in [6, 6.07) is 9.91. The number of ether oxygens (including phenoxy) is 1. The van der Waals surface area contributed by atoms with Gasteiger partial charge in [0.2, 0.25) is 0 Å². The fraction of sp³-hybridized carbons (Fsp3) is 0.320. The molecule has 3 aromatic rings. The van der Waals surface area contributed by atoms with Gasteiger partial charge in [-0.2, -0.15) is 13.2 Å². The lowest BCUT2D eigenvalue weighted by molar-refractivity contribution is -0.141. The predicted molar refractivity (Wildman–Crippen MR) is 122 cm³/mol. The molecule has 2 aliphatic heterocycles. The van der Waals surface area contributed by atoms with Crippen LogP contribution in [0.1, 0.15) is 33.7 Å². The molecule has 176 valence electrons. The van der Waals surface area contributed by atoms with Gasteiger partial charge in [-0.25, -0.2) is 0 Å². The highest BCUT2D eigenvalue weighted by atomic mass is 19.4. The Bertz CT molecular complexity index is 1250. The van der Waals surface area contributed by atoms with Crippen LogP contribution in [0.3, 0.4) is 0 Å². The smallest absolute Gasteiger partial charge is 0.377 e. The van der Waals surface area contributed by atoms with Crippen LogP contribution in [-0.4, -0.2) is 41.7 Å². The number of nitrogens with one attached hydrogen (secondary N) is 1. The Morgan fingerprint density at radius 1 is 1.18 bits per heavy atom. The molecular formula is C25H23F3N4O2. The van der Waals surface area contributed by atoms with Crippen LogP contribution >= 0.6 is 0 Å². The number of halogens is 3. The van der Waals surface area contributed by atoms with E-state index in [1.807, 2.05) is 25.3 Å². The maximum absolute atomic E-state index is 13.0. The number of hydrogen-bond donors (Lipinski definition) is 1. The van der Waals surface area contributed by atoms with E-state index in [1.165, 1.54) is 6.07 Å². The van der Waals surface area contributed by atoms with E-state index in [1.54, 1.807) is 6.07 Å². The number of rotatable bonds is 3. The first-order valence-corrected chi connectivity index (χ1v) is 11.1. The van der Waals surface area contributed by atoms with Gasteiger partial charge in [-0.1, -0.05) is 6.07 Å². The standard InChI is InChI=1S/C25H23F3N4O2/c1-15-2-3-18(31-24(33)16-6-7-29-23(11-16)25(26,27)28)12-20(15)17-10-22-21(30-13-17)5-4-19-14-34-9-8-32(19)22/h2-3,6-7,10-13,19H,4-5,8-9,14H2,1H3,(H,31,33)/t19-/m1/s1. The van der Waals surface area contributed by atoms with E-state index >= 15 is 0 Å². The first-order chi connectivity index (χ1) is 16.3. The Morgan fingerprint density at radius 3 is 2.85 bits per heavy atom. The van der Waals surface area contributed by atoms with Gasteiger partial charge in [0, 0.05) is 35.8 Å². The highest BCUT2D eigenvalue weighted by molar-refractivity contribution is 6.04. The van der Waals surface area contributed by atoms with Gasteiger partial charge < -0.3 is 15.0 Å². The van der Waals surface area contributed by atoms with Gasteiger partial charge in [-0.3, -0.25) is 14.8 Å². The molecule has 0 saturated carbocycles. The monoisotopic (exact) mass is 468 g/mol. The fourth-order valence-electron chi connectivity index (χ4n) is 4.53. The minimum absolute atomic E-state index is 0.113. The lowest BCUT2D eigenvalue weighted by Gasteiger charge is -2.41. The molecular weight excluding hydrogens is 445 g/mol. The highest BCUT2D eigenvalue weighted by Gasteiger charge is 2.33. The number of pyridine rings is 2. The number of alkyl halides is 3. The van der Waals surface area contributed by atoms with Crippen molar-refractivity contribution < 1.29 is 22.7 Å². The predicted octanol–water partition coefficient (Wildman–Crippen LogP) is 4.87. The Balaban J connectivity index is 1.42. The van der Waals surface area contributed by atoms with Crippen LogP contribution in [0.15, 0.2) is 48.8 Å². The first-order valence-electron chi connectivity index (χ1n) is 11.1. The van der Waals surface area contributed by atoms with Gasteiger partial charge in [0.15, 0.2) is 0 Å². The molecule has 1 aromatic carbocycles. The summed E-state index contributed by atoms with van der Waals surface area (Å²) in [5.74, 6) is -0.637. The van der Waals surface area contributed by atoms with Crippen molar-refractivity contribution in [1.29, 1.82) is 0 Å². The normalized spacial score (nSPS) is 17.6. The Kier molecular flexibility index (Phi) is 5.73. The Labute approximate surface area is 194 Å². The number of carbonyl (C=O) groups is 1. The number of morpholine rings is 1. The molecule has 1 fully saturated rings. The third-order valence-corrected chi connectivity index (χ3v) is 6.32. The van der Waals surface area contributed by atoms with Crippen LogP contribution in [0.4, 0.5) is 24.5 Å². The van der Waals surface area contributed by atoms with Crippen LogP contribution in [0.25, 0.3) is 11.1 Å². The van der Waals surface area contributed by atoms with E-state index in [2.05, 4.69) is 21.3 Å². The third-order valence-electron chi connectivity index (χ3n) is 6.32. The summed E-state index contributed by atoms with van der Waals surface area (Å²) < 4.78 is 44.5. The molecule has 6 nitrogen and oxygen atoms in total. The average Bonchev–Trinajstić information content (AvgIpc) is 2.84. The largest absolute Gasteiger partial charge is 0.433 e. The van der Waals surface area contributed by atoms with Gasteiger partial charge in [-0.15, -0.1) is 0 Å². The van der Waals surface area contributed by atoms with Crippen molar-refractivity contribution in [2.45, 2.75) is 32.0 Å². The summed E-state index contributed by atoms with van der Waals surface area (Å²) in [5, 5.41) is 2.70. The highest BCUT2D eigenvalue weighted by Crippen LogP contribution is 2.36. The molecule has 5 rings (SSSR count). The van der Waals surface area contributed by atoms with Crippen molar-refractivity contribution in [2.75, 3.05) is 30.0 Å². The van der Waals surface area contributed by atoms with Gasteiger partial charge in [-0.05, 0) is 61.2 Å². The summed E-state index contributed by atoms with van der Waals surface area (Å²) in [6.07, 6.45) is 0.125. The zero-order valence-electron chi connectivity index (χ0n) is 18.5. The van der Waals surface area contributed by atoms with Crippen LogP contribution in [0.5, 0.6) is 0 Å². The van der Waals surface area contributed by atoms with E-state index in [4.69, 9.17) is 9.72 Å². The lowest BCUT2D eigenvalue weighted by atomic mass is 9.95. The molecule has 2 aliphatic rings. The van der Waals surface area contributed by atoms with Crippen molar-refractivity contribution in [3.8, 4) is 11.1 Å². The number of benzene rings is 1. The van der Waals surface area contributed by atoms with E-state index in [-0.39, 0.29) is 5.56 Å². The SMILES string of the molecule is Cc1ccc(NC(=O)c2ccnc(C(F)(F)F)c2)cc1-c1cnc2c(c1)N1CCOC[C@H]1CC2. The second-order valence-corrected chi connectivity index (χ2v) is 8.56. The van der Waals surface area contributed by atoms with Crippen molar-refractivity contribution in [1.82, 2.24) is 9.97 Å². The summed E-state index contributed by atoms with van der Waals surface area (Å²) in [7, 11) is 0. The maximum atomic E-state index is 13.0. The topological polar surface area (TPSA) is 67.4 Å². The van der Waals surface area contributed by atoms with Gasteiger partial charge in [0.25, 0.3) is 5.91 Å². The molecule has 1 saturated heterocycles. The van der Waals surface area contributed by atoms with Crippen molar-refractivity contribution in [3.05, 3.63) is 71.3 Å². The molecule has 0 spiro atoms. The molecule has 1 atom stereocenters. The zero-order valence-corrected chi connectivity index (χ0v) is 18.5. The fourth-order valence-corrected chi connectivity index (χ4v) is 4.53. The number of nitrogens with zero attached hydrogens (tertiary/aromatic N) is 3. The second-order valence-electron chi connectivity index (χ2n) is 8.56. The van der Waals surface area contributed by atoms with E-state index in [0.29, 0.717) is 18.3 Å².